The summed E-state index contributed by atoms with van der Waals surface area (Å²) in [7, 11) is 0. The van der Waals surface area contributed by atoms with E-state index < -0.39 is 6.23 Å². The second-order valence-corrected chi connectivity index (χ2v) is 11.8. The quantitative estimate of drug-likeness (QED) is 0.280. The predicted octanol–water partition coefficient (Wildman–Crippen LogP) is 8.61. The Morgan fingerprint density at radius 3 is 2.59 bits per heavy atom. The Morgan fingerprint density at radius 2 is 1.90 bits per heavy atom. The van der Waals surface area contributed by atoms with Gasteiger partial charge in [0.25, 0.3) is 0 Å². The van der Waals surface area contributed by atoms with Gasteiger partial charge in [0.1, 0.15) is 11.5 Å². The minimum absolute atomic E-state index is 0.182. The number of hydrogen-bond acceptors (Lipinski definition) is 4. The van der Waals surface area contributed by atoms with Gasteiger partial charge in [-0.25, -0.2) is 4.98 Å². The lowest BCUT2D eigenvalue weighted by molar-refractivity contribution is 0.170. The van der Waals surface area contributed by atoms with Crippen LogP contribution >= 0.6 is 27.5 Å². The molecule has 0 radical (unpaired) electrons. The number of nitrogens with zero attached hydrogens (tertiary/aromatic N) is 3. The Labute approximate surface area is 244 Å². The zero-order valence-electron chi connectivity index (χ0n) is 22.8. The maximum absolute atomic E-state index is 6.68. The van der Waals surface area contributed by atoms with Crippen molar-refractivity contribution in [3.63, 3.8) is 0 Å². The Kier molecular flexibility index (Phi) is 8.15. The molecule has 2 aromatic carbocycles. The molecule has 202 valence electrons. The van der Waals surface area contributed by atoms with E-state index in [0.29, 0.717) is 12.3 Å². The predicted molar refractivity (Wildman–Crippen MR) is 163 cm³/mol. The largest absolute Gasteiger partial charge is 0.448 e. The minimum atomic E-state index is -0.488. The molecular weight excluding hydrogens is 572 g/mol. The van der Waals surface area contributed by atoms with Crippen LogP contribution in [0.25, 0.3) is 5.69 Å². The molecule has 2 aliphatic rings. The molecule has 2 heterocycles. The van der Waals surface area contributed by atoms with Crippen molar-refractivity contribution in [2.75, 3.05) is 0 Å². The number of halogens is 2. The average molecular weight is 606 g/mol. The van der Waals surface area contributed by atoms with Crippen LogP contribution in [0.1, 0.15) is 75.5 Å². The molecule has 2 unspecified atom stereocenters. The van der Waals surface area contributed by atoms with E-state index in [2.05, 4.69) is 114 Å². The smallest absolute Gasteiger partial charge is 0.231 e. The lowest BCUT2D eigenvalue weighted by Crippen LogP contribution is -2.32. The van der Waals surface area contributed by atoms with Gasteiger partial charge in [0.05, 0.1) is 11.1 Å². The molecule has 39 heavy (non-hydrogen) atoms. The van der Waals surface area contributed by atoms with Crippen molar-refractivity contribution in [3.8, 4) is 5.69 Å². The summed E-state index contributed by atoms with van der Waals surface area (Å²) in [6.07, 6.45) is 10.0. The van der Waals surface area contributed by atoms with Crippen LogP contribution in [-0.4, -0.2) is 15.4 Å². The van der Waals surface area contributed by atoms with Crippen LogP contribution in [0.3, 0.4) is 0 Å². The van der Waals surface area contributed by atoms with E-state index in [0.717, 1.165) is 50.8 Å². The van der Waals surface area contributed by atoms with Crippen LogP contribution in [-0.2, 0) is 16.6 Å². The van der Waals surface area contributed by atoms with Crippen molar-refractivity contribution in [2.45, 2.75) is 64.5 Å². The molecule has 0 amide bonds. The average Bonchev–Trinajstić information content (AvgIpc) is 3.53. The first-order valence-corrected chi connectivity index (χ1v) is 14.6. The Hall–Kier alpha value is -3.09. The van der Waals surface area contributed by atoms with E-state index >= 15 is 0 Å². The molecule has 3 aromatic rings. The van der Waals surface area contributed by atoms with Gasteiger partial charge in [0.2, 0.25) is 12.1 Å². The molecule has 0 spiro atoms. The van der Waals surface area contributed by atoms with Crippen LogP contribution in [0, 0.1) is 0 Å². The summed E-state index contributed by atoms with van der Waals surface area (Å²) >= 11 is 10.3. The molecule has 5 rings (SSSR count). The summed E-state index contributed by atoms with van der Waals surface area (Å²) in [6, 6.07) is 18.8. The first-order chi connectivity index (χ1) is 18.8. The molecule has 1 N–H and O–H groups in total. The number of rotatable bonds is 8. The third-order valence-corrected chi connectivity index (χ3v) is 8.43. The summed E-state index contributed by atoms with van der Waals surface area (Å²) in [5.74, 6) is 1.77. The highest BCUT2D eigenvalue weighted by molar-refractivity contribution is 9.10. The van der Waals surface area contributed by atoms with Crippen LogP contribution in [0.4, 0.5) is 0 Å². The number of aromatic nitrogens is 2. The van der Waals surface area contributed by atoms with Gasteiger partial charge in [-0.15, -0.1) is 5.10 Å². The maximum atomic E-state index is 6.68. The Morgan fingerprint density at radius 1 is 1.15 bits per heavy atom. The molecule has 2 atom stereocenters. The SMILES string of the molecule is CCC(C)(C1=NNC(c2nc(CC3=CCC=CC=C3Cl)n(-c3ccc(Br)cc3)c2C(C)C)O1)c1ccccc1. The van der Waals surface area contributed by atoms with Crippen molar-refractivity contribution in [2.24, 2.45) is 5.10 Å². The Balaban J connectivity index is 1.57. The van der Waals surface area contributed by atoms with Crippen molar-refractivity contribution in [1.82, 2.24) is 15.0 Å². The van der Waals surface area contributed by atoms with Gasteiger partial charge in [-0.3, -0.25) is 9.99 Å². The molecular formula is C32H34BrClN4O. The lowest BCUT2D eigenvalue weighted by Gasteiger charge is -2.28. The molecule has 7 heteroatoms. The molecule has 0 saturated carbocycles. The summed E-state index contributed by atoms with van der Waals surface area (Å²) < 4.78 is 9.88. The molecule has 1 aromatic heterocycles. The Bertz CT molecular complexity index is 1450. The third kappa shape index (κ3) is 5.50. The highest BCUT2D eigenvalue weighted by Gasteiger charge is 2.40. The van der Waals surface area contributed by atoms with E-state index in [1.807, 2.05) is 18.2 Å². The standard InChI is InChI=1S/C32H34BrClN4O/c1-5-32(4,23-13-9-7-10-14-23)31-37-36-30(39-31)28-29(21(2)3)38(25-18-16-24(33)17-19-25)27(35-28)20-22-12-8-6-11-15-26(22)34/h6-7,9-19,21,30,36H,5,8,20H2,1-4H3. The summed E-state index contributed by atoms with van der Waals surface area (Å²) in [5, 5.41) is 5.46. The number of ether oxygens (including phenoxy) is 1. The second-order valence-electron chi connectivity index (χ2n) is 10.4. The number of imidazole rings is 1. The van der Waals surface area contributed by atoms with Gasteiger partial charge in [-0.2, -0.15) is 0 Å². The topological polar surface area (TPSA) is 51.4 Å². The van der Waals surface area contributed by atoms with Crippen LogP contribution in [0.15, 0.2) is 99.1 Å². The van der Waals surface area contributed by atoms with Crippen molar-refractivity contribution in [1.29, 1.82) is 0 Å². The normalized spacial score (nSPS) is 18.5. The molecule has 0 fully saturated rings. The number of allylic oxidation sites excluding steroid dienone is 6. The van der Waals surface area contributed by atoms with E-state index in [1.165, 1.54) is 5.56 Å². The molecule has 0 saturated heterocycles. The van der Waals surface area contributed by atoms with Gasteiger partial charge in [0.15, 0.2) is 0 Å². The minimum Gasteiger partial charge on any atom is -0.448 e. The summed E-state index contributed by atoms with van der Waals surface area (Å²) in [6.45, 7) is 8.73. The van der Waals surface area contributed by atoms with Crippen molar-refractivity contribution < 1.29 is 4.74 Å². The maximum Gasteiger partial charge on any atom is 0.231 e. The van der Waals surface area contributed by atoms with Gasteiger partial charge < -0.3 is 4.74 Å². The zero-order valence-corrected chi connectivity index (χ0v) is 25.1. The third-order valence-electron chi connectivity index (χ3n) is 7.53. The van der Waals surface area contributed by atoms with Gasteiger partial charge in [-0.1, -0.05) is 96.9 Å². The summed E-state index contributed by atoms with van der Waals surface area (Å²) in [5.41, 5.74) is 8.14. The fraction of sp³-hybridized carbons (Fsp3) is 0.312. The molecule has 0 bridgehead atoms. The first kappa shape index (κ1) is 27.5. The van der Waals surface area contributed by atoms with Crippen LogP contribution in [0.5, 0.6) is 0 Å². The van der Waals surface area contributed by atoms with E-state index in [-0.39, 0.29) is 11.3 Å². The van der Waals surface area contributed by atoms with E-state index in [9.17, 15) is 0 Å². The van der Waals surface area contributed by atoms with Gasteiger partial charge >= 0.3 is 0 Å². The van der Waals surface area contributed by atoms with Gasteiger partial charge in [-0.05, 0) is 67.2 Å². The van der Waals surface area contributed by atoms with E-state index in [1.54, 1.807) is 0 Å². The lowest BCUT2D eigenvalue weighted by atomic mass is 9.80. The number of nitrogens with one attached hydrogen (secondary N) is 1. The van der Waals surface area contributed by atoms with Gasteiger partial charge in [0, 0.05) is 21.6 Å². The first-order valence-electron chi connectivity index (χ1n) is 13.5. The fourth-order valence-electron chi connectivity index (χ4n) is 5.15. The number of hydrogen-bond donors (Lipinski definition) is 1. The van der Waals surface area contributed by atoms with E-state index in [4.69, 9.17) is 26.4 Å². The highest BCUT2D eigenvalue weighted by Crippen LogP contribution is 2.38. The van der Waals surface area contributed by atoms with Crippen LogP contribution < -0.4 is 5.43 Å². The van der Waals surface area contributed by atoms with Crippen LogP contribution in [0.2, 0.25) is 0 Å². The molecule has 1 aliphatic carbocycles. The monoisotopic (exact) mass is 604 g/mol. The molecule has 5 nitrogen and oxygen atoms in total. The molecule has 1 aliphatic heterocycles. The number of benzene rings is 2. The number of hydrazone groups is 1. The summed E-state index contributed by atoms with van der Waals surface area (Å²) in [4.78, 5) is 5.23. The van der Waals surface area contributed by atoms with Crippen molar-refractivity contribution >= 4 is 33.4 Å². The fourth-order valence-corrected chi connectivity index (χ4v) is 5.63. The zero-order chi connectivity index (χ0) is 27.6. The second kappa shape index (κ2) is 11.6. The highest BCUT2D eigenvalue weighted by atomic mass is 79.9. The van der Waals surface area contributed by atoms with Crippen molar-refractivity contribution in [3.05, 3.63) is 117 Å².